The van der Waals surface area contributed by atoms with E-state index in [1.54, 1.807) is 12.1 Å². The molecule has 0 aromatic heterocycles. The summed E-state index contributed by atoms with van der Waals surface area (Å²) in [7, 11) is 0. The Labute approximate surface area is 125 Å². The molecule has 1 amide bonds. The SMILES string of the molecule is CC(C)CC(CN)CC(=O)NCc1ccc(C(=O)O)cc1. The molecule has 0 aliphatic rings. The molecule has 0 aliphatic carbocycles. The van der Waals surface area contributed by atoms with Crippen LogP contribution in [0.2, 0.25) is 0 Å². The molecule has 0 spiro atoms. The van der Waals surface area contributed by atoms with Gasteiger partial charge in [-0.05, 0) is 42.5 Å². The topological polar surface area (TPSA) is 92.4 Å². The molecule has 1 aromatic carbocycles. The minimum atomic E-state index is -0.954. The quantitative estimate of drug-likeness (QED) is 0.683. The number of carbonyl (C=O) groups is 2. The van der Waals surface area contributed by atoms with E-state index in [-0.39, 0.29) is 17.4 Å². The highest BCUT2D eigenvalue weighted by molar-refractivity contribution is 5.87. The minimum Gasteiger partial charge on any atom is -0.478 e. The molecule has 1 rings (SSSR count). The van der Waals surface area contributed by atoms with Crippen LogP contribution in [0, 0.1) is 11.8 Å². The molecular weight excluding hydrogens is 268 g/mol. The third-order valence-electron chi connectivity index (χ3n) is 3.30. The Morgan fingerprint density at radius 2 is 1.86 bits per heavy atom. The van der Waals surface area contributed by atoms with Crippen molar-refractivity contribution in [2.45, 2.75) is 33.2 Å². The van der Waals surface area contributed by atoms with Gasteiger partial charge >= 0.3 is 5.97 Å². The molecule has 0 fully saturated rings. The van der Waals surface area contributed by atoms with Crippen LogP contribution in [0.1, 0.15) is 42.6 Å². The van der Waals surface area contributed by atoms with Crippen LogP contribution in [0.5, 0.6) is 0 Å². The number of benzene rings is 1. The Bertz CT molecular complexity index is 469. The van der Waals surface area contributed by atoms with Crippen LogP contribution in [0.25, 0.3) is 0 Å². The van der Waals surface area contributed by atoms with E-state index in [1.807, 2.05) is 0 Å². The van der Waals surface area contributed by atoms with Crippen LogP contribution < -0.4 is 11.1 Å². The lowest BCUT2D eigenvalue weighted by molar-refractivity contribution is -0.122. The molecule has 21 heavy (non-hydrogen) atoms. The lowest BCUT2D eigenvalue weighted by Crippen LogP contribution is -2.28. The van der Waals surface area contributed by atoms with E-state index in [0.717, 1.165) is 12.0 Å². The van der Waals surface area contributed by atoms with Gasteiger partial charge in [0.15, 0.2) is 0 Å². The van der Waals surface area contributed by atoms with Gasteiger partial charge in [-0.25, -0.2) is 4.79 Å². The summed E-state index contributed by atoms with van der Waals surface area (Å²) >= 11 is 0. The minimum absolute atomic E-state index is 0.0200. The monoisotopic (exact) mass is 292 g/mol. The van der Waals surface area contributed by atoms with E-state index in [0.29, 0.717) is 25.4 Å². The molecule has 1 aromatic rings. The molecule has 1 unspecified atom stereocenters. The highest BCUT2D eigenvalue weighted by atomic mass is 16.4. The summed E-state index contributed by atoms with van der Waals surface area (Å²) < 4.78 is 0. The Morgan fingerprint density at radius 3 is 2.33 bits per heavy atom. The van der Waals surface area contributed by atoms with Gasteiger partial charge in [0.05, 0.1) is 5.56 Å². The van der Waals surface area contributed by atoms with Crippen LogP contribution >= 0.6 is 0 Å². The molecule has 0 radical (unpaired) electrons. The summed E-state index contributed by atoms with van der Waals surface area (Å²) in [6.07, 6.45) is 1.37. The third-order valence-corrected chi connectivity index (χ3v) is 3.30. The average molecular weight is 292 g/mol. The zero-order valence-corrected chi connectivity index (χ0v) is 12.6. The first-order chi connectivity index (χ1) is 9.92. The average Bonchev–Trinajstić information content (AvgIpc) is 2.44. The molecule has 4 N–H and O–H groups in total. The van der Waals surface area contributed by atoms with E-state index in [1.165, 1.54) is 12.1 Å². The normalized spacial score (nSPS) is 12.2. The summed E-state index contributed by atoms with van der Waals surface area (Å²) in [4.78, 5) is 22.6. The number of carboxylic acid groups (broad SMARTS) is 1. The highest BCUT2D eigenvalue weighted by Crippen LogP contribution is 2.14. The second-order valence-corrected chi connectivity index (χ2v) is 5.71. The van der Waals surface area contributed by atoms with Gasteiger partial charge in [0.2, 0.25) is 5.91 Å². The number of hydrogen-bond donors (Lipinski definition) is 3. The van der Waals surface area contributed by atoms with Gasteiger partial charge in [-0.1, -0.05) is 26.0 Å². The number of nitrogens with two attached hydrogens (primary N) is 1. The maximum atomic E-state index is 11.9. The fraction of sp³-hybridized carbons (Fsp3) is 0.500. The molecular formula is C16H24N2O3. The Kier molecular flexibility index (Phi) is 6.88. The number of hydrogen-bond acceptors (Lipinski definition) is 3. The maximum absolute atomic E-state index is 11.9. The molecule has 5 heteroatoms. The fourth-order valence-corrected chi connectivity index (χ4v) is 2.23. The standard InChI is InChI=1S/C16H24N2O3/c1-11(2)7-13(9-17)8-15(19)18-10-12-3-5-14(6-4-12)16(20)21/h3-6,11,13H,7-10,17H2,1-2H3,(H,18,19)(H,20,21). The summed E-state index contributed by atoms with van der Waals surface area (Å²) in [5, 5.41) is 11.7. The zero-order valence-electron chi connectivity index (χ0n) is 12.6. The van der Waals surface area contributed by atoms with Crippen LogP contribution in [0.4, 0.5) is 0 Å². The van der Waals surface area contributed by atoms with Crippen molar-refractivity contribution in [1.82, 2.24) is 5.32 Å². The number of carbonyl (C=O) groups excluding carboxylic acids is 1. The van der Waals surface area contributed by atoms with Gasteiger partial charge in [-0.15, -0.1) is 0 Å². The predicted octanol–water partition coefficient (Wildman–Crippen LogP) is 2.01. The van der Waals surface area contributed by atoms with Crippen LogP contribution in [0.3, 0.4) is 0 Å². The largest absolute Gasteiger partial charge is 0.478 e. The molecule has 116 valence electrons. The van der Waals surface area contributed by atoms with Crippen molar-refractivity contribution in [3.8, 4) is 0 Å². The van der Waals surface area contributed by atoms with Gasteiger partial charge < -0.3 is 16.2 Å². The van der Waals surface area contributed by atoms with Crippen LogP contribution in [-0.4, -0.2) is 23.5 Å². The molecule has 0 heterocycles. The first-order valence-corrected chi connectivity index (χ1v) is 7.21. The molecule has 1 atom stereocenters. The third kappa shape index (κ3) is 6.40. The van der Waals surface area contributed by atoms with Gasteiger partial charge in [0.1, 0.15) is 0 Å². The molecule has 5 nitrogen and oxygen atoms in total. The van der Waals surface area contributed by atoms with Crippen molar-refractivity contribution in [3.05, 3.63) is 35.4 Å². The molecule has 0 saturated carbocycles. The molecule has 0 saturated heterocycles. The fourth-order valence-electron chi connectivity index (χ4n) is 2.23. The highest BCUT2D eigenvalue weighted by Gasteiger charge is 2.13. The summed E-state index contributed by atoms with van der Waals surface area (Å²) in [5.74, 6) is -0.243. The van der Waals surface area contributed by atoms with Gasteiger partial charge in [0, 0.05) is 13.0 Å². The Hall–Kier alpha value is -1.88. The van der Waals surface area contributed by atoms with Crippen LogP contribution in [-0.2, 0) is 11.3 Å². The van der Waals surface area contributed by atoms with Crippen molar-refractivity contribution in [3.63, 3.8) is 0 Å². The second kappa shape index (κ2) is 8.42. The number of amides is 1. The predicted molar refractivity (Wildman–Crippen MR) is 81.9 cm³/mol. The van der Waals surface area contributed by atoms with Gasteiger partial charge in [0.25, 0.3) is 0 Å². The van der Waals surface area contributed by atoms with Crippen molar-refractivity contribution in [2.75, 3.05) is 6.54 Å². The second-order valence-electron chi connectivity index (χ2n) is 5.71. The maximum Gasteiger partial charge on any atom is 0.335 e. The Morgan fingerprint density at radius 1 is 1.24 bits per heavy atom. The van der Waals surface area contributed by atoms with E-state index in [4.69, 9.17) is 10.8 Å². The van der Waals surface area contributed by atoms with Gasteiger partial charge in [-0.3, -0.25) is 4.79 Å². The van der Waals surface area contributed by atoms with E-state index in [9.17, 15) is 9.59 Å². The van der Waals surface area contributed by atoms with E-state index < -0.39 is 5.97 Å². The van der Waals surface area contributed by atoms with Crippen molar-refractivity contribution >= 4 is 11.9 Å². The smallest absolute Gasteiger partial charge is 0.335 e. The number of rotatable bonds is 8. The lowest BCUT2D eigenvalue weighted by Gasteiger charge is -2.16. The zero-order chi connectivity index (χ0) is 15.8. The van der Waals surface area contributed by atoms with Crippen LogP contribution in [0.15, 0.2) is 24.3 Å². The summed E-state index contributed by atoms with van der Waals surface area (Å²) in [6, 6.07) is 6.48. The number of aromatic carboxylic acids is 1. The van der Waals surface area contributed by atoms with Gasteiger partial charge in [-0.2, -0.15) is 0 Å². The van der Waals surface area contributed by atoms with Crippen molar-refractivity contribution < 1.29 is 14.7 Å². The summed E-state index contributed by atoms with van der Waals surface area (Å²) in [6.45, 7) is 5.14. The lowest BCUT2D eigenvalue weighted by atomic mass is 9.94. The number of nitrogens with one attached hydrogen (secondary N) is 1. The van der Waals surface area contributed by atoms with E-state index in [2.05, 4.69) is 19.2 Å². The first-order valence-electron chi connectivity index (χ1n) is 7.21. The van der Waals surface area contributed by atoms with E-state index >= 15 is 0 Å². The molecule has 0 aliphatic heterocycles. The van der Waals surface area contributed by atoms with Crippen molar-refractivity contribution in [2.24, 2.45) is 17.6 Å². The first kappa shape index (κ1) is 17.2. The van der Waals surface area contributed by atoms with Crippen molar-refractivity contribution in [1.29, 1.82) is 0 Å². The molecule has 0 bridgehead atoms. The number of carboxylic acids is 1. The summed E-state index contributed by atoms with van der Waals surface area (Å²) in [5.41, 5.74) is 6.80. The Balaban J connectivity index is 2.43.